The number of carbonyl (C=O) groups is 1. The zero-order valence-corrected chi connectivity index (χ0v) is 19.2. The molecule has 4 rings (SSSR count). The van der Waals surface area contributed by atoms with Crippen molar-refractivity contribution in [2.24, 2.45) is 0 Å². The van der Waals surface area contributed by atoms with Gasteiger partial charge in [-0.15, -0.1) is 0 Å². The second-order valence-electron chi connectivity index (χ2n) is 8.02. The highest BCUT2D eigenvalue weighted by molar-refractivity contribution is 6.30. The Morgan fingerprint density at radius 1 is 0.969 bits per heavy atom. The van der Waals surface area contributed by atoms with Crippen LogP contribution in [0, 0.1) is 13.8 Å². The Kier molecular flexibility index (Phi) is 6.86. The fourth-order valence-electron chi connectivity index (χ4n) is 3.97. The minimum absolute atomic E-state index is 0.0462. The van der Waals surface area contributed by atoms with E-state index in [2.05, 4.69) is 9.88 Å². The maximum Gasteiger partial charge on any atom is 0.246 e. The lowest BCUT2D eigenvalue weighted by Crippen LogP contribution is -2.49. The van der Waals surface area contributed by atoms with Crippen LogP contribution >= 0.6 is 11.6 Å². The summed E-state index contributed by atoms with van der Waals surface area (Å²) in [6.07, 6.45) is 4.28. The predicted molar refractivity (Wildman–Crippen MR) is 130 cm³/mol. The SMILES string of the molecule is Cc1nc(C)c(Cc2ccc(Cl)cc2)c(N2CCN(C(=O)/C=C/c3ccccc3)CC2)n1. The summed E-state index contributed by atoms with van der Waals surface area (Å²) in [5.74, 6) is 1.78. The molecule has 1 fully saturated rings. The van der Waals surface area contributed by atoms with Gasteiger partial charge >= 0.3 is 0 Å². The maximum atomic E-state index is 12.6. The molecule has 1 saturated heterocycles. The van der Waals surface area contributed by atoms with E-state index >= 15 is 0 Å². The Balaban J connectivity index is 1.46. The number of aromatic nitrogens is 2. The van der Waals surface area contributed by atoms with E-state index in [1.807, 2.05) is 79.4 Å². The van der Waals surface area contributed by atoms with Gasteiger partial charge < -0.3 is 9.80 Å². The smallest absolute Gasteiger partial charge is 0.246 e. The van der Waals surface area contributed by atoms with E-state index in [-0.39, 0.29) is 5.91 Å². The van der Waals surface area contributed by atoms with Gasteiger partial charge in [0.05, 0.1) is 0 Å². The number of piperazine rings is 1. The van der Waals surface area contributed by atoms with Crippen LogP contribution in [-0.2, 0) is 11.2 Å². The summed E-state index contributed by atoms with van der Waals surface area (Å²) >= 11 is 6.05. The van der Waals surface area contributed by atoms with Crippen molar-refractivity contribution in [1.82, 2.24) is 14.9 Å². The standard InChI is InChI=1S/C26H27ClN4O/c1-19-24(18-22-8-11-23(27)12-9-22)26(29-20(2)28-19)31-16-14-30(15-17-31)25(32)13-10-21-6-4-3-5-7-21/h3-13H,14-18H2,1-2H3/b13-10+. The number of benzene rings is 2. The van der Waals surface area contributed by atoms with Crippen LogP contribution in [0.5, 0.6) is 0 Å². The summed E-state index contributed by atoms with van der Waals surface area (Å²) in [5.41, 5.74) is 4.32. The van der Waals surface area contributed by atoms with Gasteiger partial charge in [-0.25, -0.2) is 9.97 Å². The molecule has 6 heteroatoms. The van der Waals surface area contributed by atoms with Crippen molar-refractivity contribution in [2.45, 2.75) is 20.3 Å². The van der Waals surface area contributed by atoms with Crippen LogP contribution < -0.4 is 4.90 Å². The molecule has 5 nitrogen and oxygen atoms in total. The molecule has 32 heavy (non-hydrogen) atoms. The highest BCUT2D eigenvalue weighted by Gasteiger charge is 2.24. The molecule has 0 atom stereocenters. The predicted octanol–water partition coefficient (Wildman–Crippen LogP) is 4.70. The van der Waals surface area contributed by atoms with Crippen molar-refractivity contribution in [1.29, 1.82) is 0 Å². The van der Waals surface area contributed by atoms with Crippen molar-refractivity contribution >= 4 is 29.4 Å². The molecule has 0 bridgehead atoms. The lowest BCUT2D eigenvalue weighted by atomic mass is 10.0. The molecular weight excluding hydrogens is 420 g/mol. The third kappa shape index (κ3) is 5.35. The molecule has 1 amide bonds. The summed E-state index contributed by atoms with van der Waals surface area (Å²) in [4.78, 5) is 26.2. The highest BCUT2D eigenvalue weighted by atomic mass is 35.5. The summed E-state index contributed by atoms with van der Waals surface area (Å²) in [7, 11) is 0. The Morgan fingerprint density at radius 2 is 1.66 bits per heavy atom. The van der Waals surface area contributed by atoms with Crippen LogP contribution in [0.2, 0.25) is 5.02 Å². The monoisotopic (exact) mass is 446 g/mol. The topological polar surface area (TPSA) is 49.3 Å². The van der Waals surface area contributed by atoms with Gasteiger partial charge in [-0.1, -0.05) is 54.1 Å². The molecule has 1 aromatic heterocycles. The fourth-order valence-corrected chi connectivity index (χ4v) is 4.09. The van der Waals surface area contributed by atoms with Gasteiger partial charge in [-0.3, -0.25) is 4.79 Å². The zero-order valence-electron chi connectivity index (χ0n) is 18.5. The first-order valence-electron chi connectivity index (χ1n) is 10.8. The van der Waals surface area contributed by atoms with Crippen molar-refractivity contribution in [3.63, 3.8) is 0 Å². The highest BCUT2D eigenvalue weighted by Crippen LogP contribution is 2.25. The van der Waals surface area contributed by atoms with E-state index < -0.39 is 0 Å². The number of anilines is 1. The number of amides is 1. The van der Waals surface area contributed by atoms with Crippen LogP contribution in [0.3, 0.4) is 0 Å². The molecule has 0 unspecified atom stereocenters. The van der Waals surface area contributed by atoms with Gasteiger partial charge in [0.15, 0.2) is 0 Å². The summed E-state index contributed by atoms with van der Waals surface area (Å²) in [6.45, 7) is 6.79. The minimum atomic E-state index is 0.0462. The molecule has 1 aliphatic rings. The van der Waals surface area contributed by atoms with E-state index in [0.717, 1.165) is 53.0 Å². The van der Waals surface area contributed by atoms with Gasteiger partial charge in [-0.05, 0) is 43.2 Å². The van der Waals surface area contributed by atoms with Gasteiger partial charge in [-0.2, -0.15) is 0 Å². The van der Waals surface area contributed by atoms with Gasteiger partial charge in [0.1, 0.15) is 11.6 Å². The summed E-state index contributed by atoms with van der Waals surface area (Å²) in [5, 5.41) is 0.730. The van der Waals surface area contributed by atoms with Crippen LogP contribution in [0.15, 0.2) is 60.7 Å². The van der Waals surface area contributed by atoms with E-state index in [1.165, 1.54) is 5.56 Å². The second-order valence-corrected chi connectivity index (χ2v) is 8.45. The number of carbonyl (C=O) groups excluding carboxylic acids is 1. The number of halogens is 1. The average Bonchev–Trinajstić information content (AvgIpc) is 2.81. The zero-order chi connectivity index (χ0) is 22.5. The molecule has 0 spiro atoms. The normalized spacial score (nSPS) is 14.2. The van der Waals surface area contributed by atoms with E-state index in [1.54, 1.807) is 6.08 Å². The first-order valence-corrected chi connectivity index (χ1v) is 11.2. The van der Waals surface area contributed by atoms with Crippen molar-refractivity contribution in [3.8, 4) is 0 Å². The molecule has 0 radical (unpaired) electrons. The van der Waals surface area contributed by atoms with Crippen molar-refractivity contribution in [3.05, 3.63) is 93.9 Å². The molecule has 164 valence electrons. The van der Waals surface area contributed by atoms with E-state index in [4.69, 9.17) is 16.6 Å². The number of aryl methyl sites for hydroxylation is 2. The minimum Gasteiger partial charge on any atom is -0.353 e. The Bertz CT molecular complexity index is 1100. The molecule has 2 aromatic carbocycles. The van der Waals surface area contributed by atoms with Gasteiger partial charge in [0.25, 0.3) is 0 Å². The maximum absolute atomic E-state index is 12.6. The Morgan fingerprint density at radius 3 is 2.34 bits per heavy atom. The lowest BCUT2D eigenvalue weighted by molar-refractivity contribution is -0.126. The quantitative estimate of drug-likeness (QED) is 0.533. The fraction of sp³-hybridized carbons (Fsp3) is 0.269. The second kappa shape index (κ2) is 9.96. The average molecular weight is 447 g/mol. The van der Waals surface area contributed by atoms with E-state index in [9.17, 15) is 4.79 Å². The number of nitrogens with zero attached hydrogens (tertiary/aromatic N) is 4. The number of hydrogen-bond donors (Lipinski definition) is 0. The Hall–Kier alpha value is -3.18. The van der Waals surface area contributed by atoms with Crippen LogP contribution in [-0.4, -0.2) is 47.0 Å². The van der Waals surface area contributed by atoms with Gasteiger partial charge in [0, 0.05) is 55.0 Å². The van der Waals surface area contributed by atoms with Crippen LogP contribution in [0.4, 0.5) is 5.82 Å². The third-order valence-corrected chi connectivity index (χ3v) is 5.96. The molecule has 3 aromatic rings. The molecule has 0 aliphatic carbocycles. The molecular formula is C26H27ClN4O. The molecule has 0 N–H and O–H groups in total. The third-order valence-electron chi connectivity index (χ3n) is 5.71. The summed E-state index contributed by atoms with van der Waals surface area (Å²) in [6, 6.07) is 17.8. The Labute approximate surface area is 194 Å². The van der Waals surface area contributed by atoms with Crippen LogP contribution in [0.25, 0.3) is 6.08 Å². The van der Waals surface area contributed by atoms with E-state index in [0.29, 0.717) is 13.1 Å². The van der Waals surface area contributed by atoms with Gasteiger partial charge in [0.2, 0.25) is 5.91 Å². The lowest BCUT2D eigenvalue weighted by Gasteiger charge is -2.36. The van der Waals surface area contributed by atoms with Crippen molar-refractivity contribution < 1.29 is 4.79 Å². The molecule has 1 aliphatic heterocycles. The van der Waals surface area contributed by atoms with Crippen molar-refractivity contribution in [2.75, 3.05) is 31.1 Å². The largest absolute Gasteiger partial charge is 0.353 e. The summed E-state index contributed by atoms with van der Waals surface area (Å²) < 4.78 is 0. The number of hydrogen-bond acceptors (Lipinski definition) is 4. The number of rotatable bonds is 5. The van der Waals surface area contributed by atoms with Crippen LogP contribution in [0.1, 0.15) is 28.2 Å². The first kappa shape index (κ1) is 22.0. The molecule has 2 heterocycles. The first-order chi connectivity index (χ1) is 15.5. The molecule has 0 saturated carbocycles.